The summed E-state index contributed by atoms with van der Waals surface area (Å²) in [5.41, 5.74) is 1.35. The Kier molecular flexibility index (Phi) is 7.62. The lowest BCUT2D eigenvalue weighted by molar-refractivity contribution is -0.136. The zero-order chi connectivity index (χ0) is 23.1. The Morgan fingerprint density at radius 3 is 2.62 bits per heavy atom. The third-order valence-electron chi connectivity index (χ3n) is 4.67. The molecule has 0 saturated carbocycles. The van der Waals surface area contributed by atoms with E-state index in [1.807, 2.05) is 26.0 Å². The number of aryl methyl sites for hydroxylation is 2. The summed E-state index contributed by atoms with van der Waals surface area (Å²) in [7, 11) is 1.57. The first kappa shape index (κ1) is 23.0. The van der Waals surface area contributed by atoms with Gasteiger partial charge in [-0.3, -0.25) is 4.79 Å². The summed E-state index contributed by atoms with van der Waals surface area (Å²) in [5.74, 6) is -0.314. The molecule has 8 nitrogen and oxygen atoms in total. The van der Waals surface area contributed by atoms with Crippen LogP contribution in [0.3, 0.4) is 0 Å². The molecule has 0 aliphatic rings. The SMILES string of the molecule is COCCCNC(=O)c1cc2ccc(OC(=O)COc3ccc(C)cc3C)cc2oc1=O. The average Bonchev–Trinajstić information content (AvgIpc) is 2.75. The molecule has 8 heteroatoms. The Balaban J connectivity index is 1.65. The summed E-state index contributed by atoms with van der Waals surface area (Å²) in [6.07, 6.45) is 0.628. The number of hydrogen-bond donors (Lipinski definition) is 1. The van der Waals surface area contributed by atoms with E-state index >= 15 is 0 Å². The van der Waals surface area contributed by atoms with Crippen LogP contribution < -0.4 is 20.4 Å². The van der Waals surface area contributed by atoms with Crippen LogP contribution in [0.25, 0.3) is 11.0 Å². The summed E-state index contributed by atoms with van der Waals surface area (Å²) in [6, 6.07) is 11.7. The lowest BCUT2D eigenvalue weighted by atomic mass is 10.1. The fraction of sp³-hybridized carbons (Fsp3) is 0.292. The molecule has 0 unspecified atom stereocenters. The first-order valence-corrected chi connectivity index (χ1v) is 10.1. The van der Waals surface area contributed by atoms with E-state index in [1.165, 1.54) is 12.1 Å². The summed E-state index contributed by atoms with van der Waals surface area (Å²) in [4.78, 5) is 36.6. The summed E-state index contributed by atoms with van der Waals surface area (Å²) < 4.78 is 21.0. The van der Waals surface area contributed by atoms with Crippen LogP contribution in [-0.2, 0) is 9.53 Å². The van der Waals surface area contributed by atoms with Gasteiger partial charge in [0.15, 0.2) is 6.61 Å². The molecule has 1 heterocycles. The Hall–Kier alpha value is -3.65. The van der Waals surface area contributed by atoms with E-state index in [0.29, 0.717) is 30.7 Å². The number of amides is 1. The van der Waals surface area contributed by atoms with E-state index in [2.05, 4.69) is 5.32 Å². The monoisotopic (exact) mass is 439 g/mol. The van der Waals surface area contributed by atoms with Crippen molar-refractivity contribution in [3.63, 3.8) is 0 Å². The molecule has 168 valence electrons. The van der Waals surface area contributed by atoms with Crippen LogP contribution in [-0.4, -0.2) is 38.7 Å². The minimum Gasteiger partial charge on any atom is -0.482 e. The smallest absolute Gasteiger partial charge is 0.349 e. The maximum absolute atomic E-state index is 12.2. The Morgan fingerprint density at radius 2 is 1.88 bits per heavy atom. The van der Waals surface area contributed by atoms with Crippen LogP contribution in [0.5, 0.6) is 11.5 Å². The minimum absolute atomic E-state index is 0.0958. The van der Waals surface area contributed by atoms with E-state index in [4.69, 9.17) is 18.6 Å². The highest BCUT2D eigenvalue weighted by Gasteiger charge is 2.15. The lowest BCUT2D eigenvalue weighted by Crippen LogP contribution is -2.29. The molecule has 0 aliphatic carbocycles. The molecule has 0 fully saturated rings. The van der Waals surface area contributed by atoms with Gasteiger partial charge < -0.3 is 23.9 Å². The third kappa shape index (κ3) is 5.95. The topological polar surface area (TPSA) is 104 Å². The van der Waals surface area contributed by atoms with E-state index in [9.17, 15) is 14.4 Å². The van der Waals surface area contributed by atoms with Crippen molar-refractivity contribution in [2.24, 2.45) is 0 Å². The van der Waals surface area contributed by atoms with E-state index in [-0.39, 0.29) is 23.5 Å². The first-order chi connectivity index (χ1) is 15.4. The highest BCUT2D eigenvalue weighted by atomic mass is 16.6. The summed E-state index contributed by atoms with van der Waals surface area (Å²) in [6.45, 7) is 4.48. The molecular weight excluding hydrogens is 414 g/mol. The molecule has 0 aliphatic heterocycles. The Bertz CT molecular complexity index is 1180. The van der Waals surface area contributed by atoms with Crippen molar-refractivity contribution >= 4 is 22.8 Å². The quantitative estimate of drug-likeness (QED) is 0.236. The average molecular weight is 439 g/mol. The number of hydrogen-bond acceptors (Lipinski definition) is 7. The zero-order valence-corrected chi connectivity index (χ0v) is 18.2. The molecule has 0 atom stereocenters. The van der Waals surface area contributed by atoms with Gasteiger partial charge in [0.2, 0.25) is 0 Å². The molecular formula is C24H25NO7. The first-order valence-electron chi connectivity index (χ1n) is 10.1. The fourth-order valence-electron chi connectivity index (χ4n) is 3.09. The molecule has 1 amide bonds. The Labute approximate surface area is 185 Å². The minimum atomic E-state index is -0.775. The van der Waals surface area contributed by atoms with Crippen molar-refractivity contribution in [3.05, 3.63) is 69.6 Å². The molecule has 2 aromatic carbocycles. The van der Waals surface area contributed by atoms with E-state index in [1.54, 1.807) is 25.3 Å². The van der Waals surface area contributed by atoms with Crippen molar-refractivity contribution in [1.82, 2.24) is 5.32 Å². The van der Waals surface area contributed by atoms with Gasteiger partial charge in [-0.15, -0.1) is 0 Å². The number of methoxy groups -OCH3 is 1. The number of nitrogens with one attached hydrogen (secondary N) is 1. The van der Waals surface area contributed by atoms with Crippen molar-refractivity contribution in [3.8, 4) is 11.5 Å². The molecule has 32 heavy (non-hydrogen) atoms. The van der Waals surface area contributed by atoms with Gasteiger partial charge in [0.05, 0.1) is 0 Å². The van der Waals surface area contributed by atoms with Gasteiger partial charge in [-0.05, 0) is 50.1 Å². The predicted octanol–water partition coefficient (Wildman–Crippen LogP) is 3.16. The maximum atomic E-state index is 12.2. The molecule has 1 aromatic heterocycles. The van der Waals surface area contributed by atoms with Gasteiger partial charge in [0.1, 0.15) is 22.6 Å². The molecule has 0 saturated heterocycles. The normalized spacial score (nSPS) is 10.7. The molecule has 1 N–H and O–H groups in total. The molecule has 0 radical (unpaired) electrons. The Morgan fingerprint density at radius 1 is 1.06 bits per heavy atom. The molecule has 0 spiro atoms. The van der Waals surface area contributed by atoms with Crippen molar-refractivity contribution in [2.45, 2.75) is 20.3 Å². The largest absolute Gasteiger partial charge is 0.482 e. The molecule has 3 aromatic rings. The number of rotatable bonds is 9. The van der Waals surface area contributed by atoms with Crippen LogP contribution in [0.2, 0.25) is 0 Å². The molecule has 0 bridgehead atoms. The number of carbonyl (C=O) groups is 2. The van der Waals surface area contributed by atoms with Crippen LogP contribution in [0, 0.1) is 13.8 Å². The van der Waals surface area contributed by atoms with Crippen LogP contribution in [0.15, 0.2) is 51.7 Å². The van der Waals surface area contributed by atoms with Gasteiger partial charge in [0.25, 0.3) is 5.91 Å². The highest BCUT2D eigenvalue weighted by Crippen LogP contribution is 2.22. The second kappa shape index (κ2) is 10.6. The second-order valence-electron chi connectivity index (χ2n) is 7.28. The maximum Gasteiger partial charge on any atom is 0.349 e. The van der Waals surface area contributed by atoms with Gasteiger partial charge >= 0.3 is 11.6 Å². The molecule has 3 rings (SSSR count). The summed E-state index contributed by atoms with van der Waals surface area (Å²) >= 11 is 0. The number of ether oxygens (including phenoxy) is 3. The van der Waals surface area contributed by atoms with Crippen molar-refractivity contribution in [1.29, 1.82) is 0 Å². The third-order valence-corrected chi connectivity index (χ3v) is 4.67. The van der Waals surface area contributed by atoms with Crippen LogP contribution >= 0.6 is 0 Å². The van der Waals surface area contributed by atoms with Gasteiger partial charge in [-0.25, -0.2) is 9.59 Å². The predicted molar refractivity (Wildman–Crippen MR) is 118 cm³/mol. The fourth-order valence-corrected chi connectivity index (χ4v) is 3.09. The second-order valence-corrected chi connectivity index (χ2v) is 7.28. The van der Waals surface area contributed by atoms with Gasteiger partial charge in [-0.2, -0.15) is 0 Å². The summed E-state index contributed by atoms with van der Waals surface area (Å²) in [5, 5.41) is 3.17. The van der Waals surface area contributed by atoms with Gasteiger partial charge in [-0.1, -0.05) is 17.7 Å². The van der Waals surface area contributed by atoms with Crippen molar-refractivity contribution < 1.29 is 28.2 Å². The lowest BCUT2D eigenvalue weighted by Gasteiger charge is -2.10. The number of fused-ring (bicyclic) bond motifs is 1. The standard InChI is InChI=1S/C24H25NO7/c1-15-5-8-20(16(2)11-15)30-14-22(26)31-18-7-6-17-12-19(24(28)32-21(17)13-18)23(27)25-9-4-10-29-3/h5-8,11-13H,4,9-10,14H2,1-3H3,(H,25,27). The zero-order valence-electron chi connectivity index (χ0n) is 18.2. The number of esters is 1. The highest BCUT2D eigenvalue weighted by molar-refractivity contribution is 5.96. The van der Waals surface area contributed by atoms with Crippen LogP contribution in [0.1, 0.15) is 27.9 Å². The van der Waals surface area contributed by atoms with Gasteiger partial charge in [0, 0.05) is 31.7 Å². The number of carbonyl (C=O) groups excluding carboxylic acids is 2. The van der Waals surface area contributed by atoms with Crippen LogP contribution in [0.4, 0.5) is 0 Å². The number of benzene rings is 2. The van der Waals surface area contributed by atoms with E-state index < -0.39 is 17.5 Å². The van der Waals surface area contributed by atoms with E-state index in [0.717, 1.165) is 11.1 Å². The van der Waals surface area contributed by atoms with Crippen molar-refractivity contribution in [2.75, 3.05) is 26.9 Å².